The lowest BCUT2D eigenvalue weighted by Gasteiger charge is -2.34. The number of hydrogen-bond acceptors (Lipinski definition) is 4. The number of halogens is 2. The zero-order valence-electron chi connectivity index (χ0n) is 12.7. The molecule has 0 aliphatic carbocycles. The summed E-state index contributed by atoms with van der Waals surface area (Å²) in [5.74, 6) is 0.814. The van der Waals surface area contributed by atoms with Crippen molar-refractivity contribution in [1.29, 1.82) is 0 Å². The van der Waals surface area contributed by atoms with Crippen molar-refractivity contribution in [3.05, 3.63) is 23.8 Å². The van der Waals surface area contributed by atoms with Crippen molar-refractivity contribution in [2.45, 2.75) is 26.3 Å². The number of piperazine rings is 1. The van der Waals surface area contributed by atoms with Gasteiger partial charge < -0.3 is 15.2 Å². The molecule has 1 aromatic rings. The largest absolute Gasteiger partial charge is 0.504 e. The van der Waals surface area contributed by atoms with Crippen LogP contribution in [0.3, 0.4) is 0 Å². The van der Waals surface area contributed by atoms with Crippen LogP contribution in [0.25, 0.3) is 0 Å². The fourth-order valence-electron chi connectivity index (χ4n) is 2.71. The van der Waals surface area contributed by atoms with Crippen molar-refractivity contribution < 1.29 is 9.84 Å². The van der Waals surface area contributed by atoms with E-state index in [1.165, 1.54) is 5.56 Å². The van der Waals surface area contributed by atoms with Crippen LogP contribution in [-0.2, 0) is 0 Å². The van der Waals surface area contributed by atoms with Gasteiger partial charge in [0.1, 0.15) is 0 Å². The van der Waals surface area contributed by atoms with E-state index in [1.807, 2.05) is 19.1 Å². The van der Waals surface area contributed by atoms with Gasteiger partial charge in [-0.05, 0) is 31.0 Å². The number of phenols is 1. The molecule has 2 rings (SSSR count). The molecule has 0 radical (unpaired) electrons. The highest BCUT2D eigenvalue weighted by Gasteiger charge is 2.21. The van der Waals surface area contributed by atoms with Crippen molar-refractivity contribution in [1.82, 2.24) is 10.2 Å². The first-order valence-corrected chi connectivity index (χ1v) is 7.16. The molecule has 0 spiro atoms. The van der Waals surface area contributed by atoms with Crippen molar-refractivity contribution in [2.24, 2.45) is 0 Å². The number of benzene rings is 1. The van der Waals surface area contributed by atoms with Gasteiger partial charge in [0.2, 0.25) is 0 Å². The maximum Gasteiger partial charge on any atom is 0.161 e. The summed E-state index contributed by atoms with van der Waals surface area (Å²) < 4.78 is 5.48. The Morgan fingerprint density at radius 2 is 1.90 bits per heavy atom. The van der Waals surface area contributed by atoms with Gasteiger partial charge in [-0.25, -0.2) is 0 Å². The molecule has 1 aromatic carbocycles. The second-order valence-electron chi connectivity index (χ2n) is 4.87. The van der Waals surface area contributed by atoms with E-state index in [1.54, 1.807) is 6.07 Å². The van der Waals surface area contributed by atoms with Crippen LogP contribution < -0.4 is 10.1 Å². The third-order valence-electron chi connectivity index (χ3n) is 3.65. The lowest BCUT2D eigenvalue weighted by molar-refractivity contribution is 0.169. The quantitative estimate of drug-likeness (QED) is 0.867. The van der Waals surface area contributed by atoms with Crippen LogP contribution in [0.2, 0.25) is 0 Å². The Balaban J connectivity index is 0.00000200. The average Bonchev–Trinajstić information content (AvgIpc) is 2.44. The fourth-order valence-corrected chi connectivity index (χ4v) is 2.71. The Hall–Kier alpha value is -0.680. The Kier molecular flexibility index (Phi) is 9.79. The summed E-state index contributed by atoms with van der Waals surface area (Å²) in [6, 6.07) is 6.13. The van der Waals surface area contributed by atoms with Gasteiger partial charge in [-0.15, -0.1) is 24.8 Å². The first kappa shape index (κ1) is 20.3. The monoisotopic (exact) mass is 336 g/mol. The zero-order chi connectivity index (χ0) is 13.7. The van der Waals surface area contributed by atoms with Crippen molar-refractivity contribution in [3.63, 3.8) is 0 Å². The first-order chi connectivity index (χ1) is 9.26. The molecule has 2 N–H and O–H groups in total. The smallest absolute Gasteiger partial charge is 0.161 e. The minimum atomic E-state index is 0. The van der Waals surface area contributed by atoms with Gasteiger partial charge >= 0.3 is 0 Å². The van der Waals surface area contributed by atoms with Crippen molar-refractivity contribution in [3.8, 4) is 11.5 Å². The summed E-state index contributed by atoms with van der Waals surface area (Å²) in [4.78, 5) is 2.50. The van der Waals surface area contributed by atoms with E-state index >= 15 is 0 Å². The lowest BCUT2D eigenvalue weighted by atomic mass is 10.0. The van der Waals surface area contributed by atoms with Crippen LogP contribution in [-0.4, -0.2) is 42.8 Å². The van der Waals surface area contributed by atoms with Crippen molar-refractivity contribution >= 4 is 24.8 Å². The van der Waals surface area contributed by atoms with E-state index in [-0.39, 0.29) is 30.6 Å². The van der Waals surface area contributed by atoms with Crippen LogP contribution in [0.15, 0.2) is 18.2 Å². The topological polar surface area (TPSA) is 44.7 Å². The van der Waals surface area contributed by atoms with E-state index in [2.05, 4.69) is 17.1 Å². The van der Waals surface area contributed by atoms with Gasteiger partial charge in [0.15, 0.2) is 11.5 Å². The average molecular weight is 337 g/mol. The molecule has 0 saturated carbocycles. The molecule has 1 saturated heterocycles. The molecule has 0 bridgehead atoms. The fraction of sp³-hybridized carbons (Fsp3) is 0.600. The highest BCUT2D eigenvalue weighted by Crippen LogP contribution is 2.32. The molecule has 1 heterocycles. The van der Waals surface area contributed by atoms with Crippen molar-refractivity contribution in [2.75, 3.05) is 32.8 Å². The minimum absolute atomic E-state index is 0. The maximum atomic E-state index is 9.78. The molecule has 1 aliphatic rings. The van der Waals surface area contributed by atoms with Crippen LogP contribution >= 0.6 is 24.8 Å². The lowest BCUT2D eigenvalue weighted by Crippen LogP contribution is -2.45. The normalized spacial score (nSPS) is 16.5. The molecule has 6 heteroatoms. The van der Waals surface area contributed by atoms with Crippen LogP contribution in [0.4, 0.5) is 0 Å². The highest BCUT2D eigenvalue weighted by molar-refractivity contribution is 5.85. The van der Waals surface area contributed by atoms with Gasteiger partial charge in [0.25, 0.3) is 0 Å². The van der Waals surface area contributed by atoms with Gasteiger partial charge in [0.05, 0.1) is 6.61 Å². The van der Waals surface area contributed by atoms with Gasteiger partial charge in [-0.2, -0.15) is 0 Å². The SMILES string of the molecule is CCOc1cc([C@@H](CC)N2CCNCC2)ccc1O.Cl.Cl. The zero-order valence-corrected chi connectivity index (χ0v) is 14.3. The summed E-state index contributed by atoms with van der Waals surface area (Å²) in [5, 5.41) is 13.2. The number of ether oxygens (including phenoxy) is 1. The Labute approximate surface area is 139 Å². The highest BCUT2D eigenvalue weighted by atomic mass is 35.5. The van der Waals surface area contributed by atoms with E-state index in [4.69, 9.17) is 4.74 Å². The summed E-state index contributed by atoms with van der Waals surface area (Å²) in [5.41, 5.74) is 1.23. The number of aromatic hydroxyl groups is 1. The summed E-state index contributed by atoms with van der Waals surface area (Å²) in [6.45, 7) is 8.95. The number of phenolic OH excluding ortho intramolecular Hbond substituents is 1. The molecule has 1 aliphatic heterocycles. The standard InChI is InChI=1S/C15H24N2O2.2ClH/c1-3-13(17-9-7-16-8-10-17)12-5-6-14(18)15(11-12)19-4-2;;/h5-6,11,13,16,18H,3-4,7-10H2,1-2H3;2*1H/t13-;;/m1../s1. The van der Waals surface area contributed by atoms with Crippen LogP contribution in [0.5, 0.6) is 11.5 Å². The third kappa shape index (κ3) is 5.22. The van der Waals surface area contributed by atoms with Crippen LogP contribution in [0.1, 0.15) is 31.9 Å². The summed E-state index contributed by atoms with van der Waals surface area (Å²) in [6.07, 6.45) is 1.07. The maximum absolute atomic E-state index is 9.78. The third-order valence-corrected chi connectivity index (χ3v) is 3.65. The Bertz CT molecular complexity index is 413. The number of hydrogen-bond donors (Lipinski definition) is 2. The molecule has 0 unspecified atom stereocenters. The molecule has 122 valence electrons. The molecule has 4 nitrogen and oxygen atoms in total. The molecule has 1 fully saturated rings. The Morgan fingerprint density at radius 3 is 2.48 bits per heavy atom. The molecule has 0 aromatic heterocycles. The molecular weight excluding hydrogens is 311 g/mol. The van der Waals surface area contributed by atoms with E-state index < -0.39 is 0 Å². The van der Waals surface area contributed by atoms with E-state index in [0.29, 0.717) is 18.4 Å². The Morgan fingerprint density at radius 1 is 1.24 bits per heavy atom. The van der Waals surface area contributed by atoms with E-state index in [0.717, 1.165) is 32.6 Å². The molecule has 21 heavy (non-hydrogen) atoms. The van der Waals surface area contributed by atoms with Gasteiger partial charge in [-0.1, -0.05) is 13.0 Å². The predicted molar refractivity (Wildman–Crippen MR) is 91.2 cm³/mol. The van der Waals surface area contributed by atoms with Crippen LogP contribution in [0, 0.1) is 0 Å². The second-order valence-corrected chi connectivity index (χ2v) is 4.87. The number of nitrogens with zero attached hydrogens (tertiary/aromatic N) is 1. The molecule has 0 amide bonds. The van der Waals surface area contributed by atoms with Gasteiger partial charge in [-0.3, -0.25) is 4.90 Å². The predicted octanol–water partition coefficient (Wildman–Crippen LogP) is 2.99. The first-order valence-electron chi connectivity index (χ1n) is 7.16. The molecule has 1 atom stereocenters. The molecular formula is C15H26Cl2N2O2. The summed E-state index contributed by atoms with van der Waals surface area (Å²) in [7, 11) is 0. The summed E-state index contributed by atoms with van der Waals surface area (Å²) >= 11 is 0. The van der Waals surface area contributed by atoms with E-state index in [9.17, 15) is 5.11 Å². The minimum Gasteiger partial charge on any atom is -0.504 e. The number of rotatable bonds is 5. The van der Waals surface area contributed by atoms with Gasteiger partial charge in [0, 0.05) is 32.2 Å². The number of nitrogens with one attached hydrogen (secondary N) is 1. The second kappa shape index (κ2) is 10.1.